The molecule has 1 aromatic heterocycles. The fraction of sp³-hybridized carbons (Fsp3) is 0.500. The van der Waals surface area contributed by atoms with Crippen LogP contribution in [0.5, 0.6) is 0 Å². The summed E-state index contributed by atoms with van der Waals surface area (Å²) in [6, 6.07) is 0. The van der Waals surface area contributed by atoms with E-state index in [1.54, 1.807) is 0 Å². The summed E-state index contributed by atoms with van der Waals surface area (Å²) in [6.45, 7) is 3.95. The van der Waals surface area contributed by atoms with Gasteiger partial charge in [-0.05, 0) is 37.0 Å². The standard InChI is InChI=1S/C8H11N3S/c1-6-10-8(12-11-6)7-3-2-4-9-5-7/h3,9H,2,4-5H2,1H3. The van der Waals surface area contributed by atoms with Crippen LogP contribution in [0.1, 0.15) is 17.3 Å². The number of hydrogen-bond acceptors (Lipinski definition) is 4. The van der Waals surface area contributed by atoms with Crippen molar-refractivity contribution in [2.75, 3.05) is 13.1 Å². The van der Waals surface area contributed by atoms with Gasteiger partial charge in [0.2, 0.25) is 0 Å². The van der Waals surface area contributed by atoms with E-state index in [1.807, 2.05) is 6.92 Å². The van der Waals surface area contributed by atoms with Gasteiger partial charge in [-0.1, -0.05) is 6.08 Å². The molecule has 0 saturated heterocycles. The molecule has 2 heterocycles. The fourth-order valence-corrected chi connectivity index (χ4v) is 1.94. The number of aryl methyl sites for hydroxylation is 1. The Hall–Kier alpha value is -0.740. The highest BCUT2D eigenvalue weighted by atomic mass is 32.1. The van der Waals surface area contributed by atoms with Crippen molar-refractivity contribution in [1.82, 2.24) is 14.7 Å². The first-order valence-corrected chi connectivity index (χ1v) is 4.84. The quantitative estimate of drug-likeness (QED) is 0.708. The Balaban J connectivity index is 2.23. The van der Waals surface area contributed by atoms with Crippen molar-refractivity contribution in [3.8, 4) is 0 Å². The highest BCUT2D eigenvalue weighted by molar-refractivity contribution is 7.06. The van der Waals surface area contributed by atoms with E-state index >= 15 is 0 Å². The molecule has 0 amide bonds. The van der Waals surface area contributed by atoms with Crippen molar-refractivity contribution in [2.24, 2.45) is 0 Å². The summed E-state index contributed by atoms with van der Waals surface area (Å²) < 4.78 is 4.15. The topological polar surface area (TPSA) is 37.8 Å². The zero-order valence-corrected chi connectivity index (χ0v) is 7.82. The molecular weight excluding hydrogens is 170 g/mol. The summed E-state index contributed by atoms with van der Waals surface area (Å²) in [5, 5.41) is 4.38. The van der Waals surface area contributed by atoms with Gasteiger partial charge in [0.15, 0.2) is 0 Å². The molecule has 4 heteroatoms. The molecule has 1 aliphatic rings. The molecule has 3 nitrogen and oxygen atoms in total. The van der Waals surface area contributed by atoms with Gasteiger partial charge in [0, 0.05) is 6.54 Å². The molecule has 0 spiro atoms. The summed E-state index contributed by atoms with van der Waals surface area (Å²) in [4.78, 5) is 4.33. The Morgan fingerprint density at radius 2 is 2.50 bits per heavy atom. The number of nitrogens with zero attached hydrogens (tertiary/aromatic N) is 2. The zero-order valence-electron chi connectivity index (χ0n) is 7.00. The molecule has 0 bridgehead atoms. The minimum Gasteiger partial charge on any atom is -0.312 e. The van der Waals surface area contributed by atoms with Crippen molar-refractivity contribution < 1.29 is 0 Å². The largest absolute Gasteiger partial charge is 0.312 e. The molecule has 0 aliphatic carbocycles. The highest BCUT2D eigenvalue weighted by Gasteiger charge is 2.08. The number of aromatic nitrogens is 2. The molecule has 2 rings (SSSR count). The van der Waals surface area contributed by atoms with Crippen LogP contribution in [0.3, 0.4) is 0 Å². The summed E-state index contributed by atoms with van der Waals surface area (Å²) in [5.74, 6) is 0.876. The van der Waals surface area contributed by atoms with Gasteiger partial charge in [-0.2, -0.15) is 4.37 Å². The van der Waals surface area contributed by atoms with E-state index in [4.69, 9.17) is 0 Å². The maximum Gasteiger partial charge on any atom is 0.140 e. The third kappa shape index (κ3) is 1.54. The smallest absolute Gasteiger partial charge is 0.140 e. The maximum absolute atomic E-state index is 4.33. The Labute approximate surface area is 75.7 Å². The molecule has 0 fully saturated rings. The molecule has 0 atom stereocenters. The van der Waals surface area contributed by atoms with E-state index in [-0.39, 0.29) is 0 Å². The second-order valence-corrected chi connectivity index (χ2v) is 3.59. The van der Waals surface area contributed by atoms with Crippen molar-refractivity contribution >= 4 is 17.1 Å². The van der Waals surface area contributed by atoms with Crippen LogP contribution >= 0.6 is 11.5 Å². The molecule has 12 heavy (non-hydrogen) atoms. The molecule has 1 N–H and O–H groups in total. The molecule has 64 valence electrons. The minimum atomic E-state index is 0.876. The van der Waals surface area contributed by atoms with Crippen LogP contribution in [0.25, 0.3) is 5.57 Å². The highest BCUT2D eigenvalue weighted by Crippen LogP contribution is 2.18. The van der Waals surface area contributed by atoms with Crippen molar-refractivity contribution in [2.45, 2.75) is 13.3 Å². The van der Waals surface area contributed by atoms with Crippen LogP contribution in [-0.4, -0.2) is 22.4 Å². The van der Waals surface area contributed by atoms with Crippen LogP contribution < -0.4 is 5.32 Å². The summed E-state index contributed by atoms with van der Waals surface area (Å²) >= 11 is 1.49. The lowest BCUT2D eigenvalue weighted by Crippen LogP contribution is -2.21. The van der Waals surface area contributed by atoms with E-state index in [2.05, 4.69) is 20.8 Å². The minimum absolute atomic E-state index is 0.876. The van der Waals surface area contributed by atoms with E-state index in [1.165, 1.54) is 17.1 Å². The Morgan fingerprint density at radius 3 is 3.08 bits per heavy atom. The van der Waals surface area contributed by atoms with Gasteiger partial charge >= 0.3 is 0 Å². The van der Waals surface area contributed by atoms with Crippen LogP contribution in [0.15, 0.2) is 6.08 Å². The van der Waals surface area contributed by atoms with Crippen molar-refractivity contribution in [1.29, 1.82) is 0 Å². The van der Waals surface area contributed by atoms with E-state index in [0.717, 1.165) is 30.3 Å². The second kappa shape index (κ2) is 3.33. The first kappa shape index (κ1) is 7.89. The van der Waals surface area contributed by atoms with Gasteiger partial charge in [-0.15, -0.1) is 0 Å². The van der Waals surface area contributed by atoms with Gasteiger partial charge in [-0.3, -0.25) is 0 Å². The van der Waals surface area contributed by atoms with Crippen molar-refractivity contribution in [3.05, 3.63) is 16.9 Å². The Bertz CT molecular complexity index is 303. The summed E-state index contributed by atoms with van der Waals surface area (Å²) in [5.41, 5.74) is 1.30. The molecule has 0 unspecified atom stereocenters. The van der Waals surface area contributed by atoms with Crippen LogP contribution in [0, 0.1) is 6.92 Å². The van der Waals surface area contributed by atoms with Gasteiger partial charge in [0.25, 0.3) is 0 Å². The van der Waals surface area contributed by atoms with Crippen LogP contribution in [-0.2, 0) is 0 Å². The van der Waals surface area contributed by atoms with E-state index in [9.17, 15) is 0 Å². The third-order valence-electron chi connectivity index (χ3n) is 1.83. The normalized spacial score (nSPS) is 17.6. The van der Waals surface area contributed by atoms with Crippen LogP contribution in [0.2, 0.25) is 0 Å². The van der Waals surface area contributed by atoms with Gasteiger partial charge in [0.05, 0.1) is 0 Å². The summed E-state index contributed by atoms with van der Waals surface area (Å²) in [7, 11) is 0. The lowest BCUT2D eigenvalue weighted by atomic mass is 10.1. The molecular formula is C8H11N3S. The fourth-order valence-electron chi connectivity index (χ4n) is 1.23. The molecule has 0 aromatic carbocycles. The zero-order chi connectivity index (χ0) is 8.39. The second-order valence-electron chi connectivity index (χ2n) is 2.84. The maximum atomic E-state index is 4.33. The number of hydrogen-bond donors (Lipinski definition) is 1. The first-order chi connectivity index (χ1) is 5.86. The SMILES string of the molecule is Cc1nsc(C2=CCCNC2)n1. The third-order valence-corrected chi connectivity index (χ3v) is 2.71. The molecule has 1 aliphatic heterocycles. The number of nitrogens with one attached hydrogen (secondary N) is 1. The summed E-state index contributed by atoms with van der Waals surface area (Å²) in [6.07, 6.45) is 3.35. The predicted molar refractivity (Wildman–Crippen MR) is 50.1 cm³/mol. The van der Waals surface area contributed by atoms with Gasteiger partial charge in [-0.25, -0.2) is 4.98 Å². The molecule has 0 radical (unpaired) electrons. The Morgan fingerprint density at radius 1 is 1.58 bits per heavy atom. The average Bonchev–Trinajstić information content (AvgIpc) is 2.54. The molecule has 1 aromatic rings. The lowest BCUT2D eigenvalue weighted by molar-refractivity contribution is 0.738. The van der Waals surface area contributed by atoms with E-state index < -0.39 is 0 Å². The van der Waals surface area contributed by atoms with E-state index in [0.29, 0.717) is 0 Å². The monoisotopic (exact) mass is 181 g/mol. The van der Waals surface area contributed by atoms with Gasteiger partial charge < -0.3 is 5.32 Å². The van der Waals surface area contributed by atoms with Crippen LogP contribution in [0.4, 0.5) is 0 Å². The lowest BCUT2D eigenvalue weighted by Gasteiger charge is -2.10. The average molecular weight is 181 g/mol. The molecule has 0 saturated carbocycles. The number of rotatable bonds is 1. The predicted octanol–water partition coefficient (Wildman–Crippen LogP) is 1.22. The first-order valence-electron chi connectivity index (χ1n) is 4.07. The van der Waals surface area contributed by atoms with Gasteiger partial charge in [0.1, 0.15) is 10.8 Å². The Kier molecular flexibility index (Phi) is 2.19. The van der Waals surface area contributed by atoms with Crippen molar-refractivity contribution in [3.63, 3.8) is 0 Å².